The summed E-state index contributed by atoms with van der Waals surface area (Å²) in [6.45, 7) is 3.14. The molecular formula is C12H12F2O2S. The van der Waals surface area contributed by atoms with E-state index in [1.54, 1.807) is 12.1 Å². The lowest BCUT2D eigenvalue weighted by molar-refractivity contribution is 0.114. The van der Waals surface area contributed by atoms with Gasteiger partial charge in [-0.05, 0) is 19.1 Å². The molecule has 0 aromatic heterocycles. The first kappa shape index (κ1) is 12.2. The summed E-state index contributed by atoms with van der Waals surface area (Å²) in [5.41, 5.74) is 0.611. The van der Waals surface area contributed by atoms with E-state index in [0.717, 1.165) is 5.56 Å². The van der Waals surface area contributed by atoms with Crippen molar-refractivity contribution in [3.8, 4) is 0 Å². The van der Waals surface area contributed by atoms with Gasteiger partial charge >= 0.3 is 0 Å². The van der Waals surface area contributed by atoms with Gasteiger partial charge in [0.1, 0.15) is 0 Å². The second-order valence-corrected chi connectivity index (χ2v) is 6.07. The van der Waals surface area contributed by atoms with Gasteiger partial charge in [0.05, 0.1) is 10.8 Å². The molecule has 17 heavy (non-hydrogen) atoms. The van der Waals surface area contributed by atoms with Crippen molar-refractivity contribution >= 4 is 9.84 Å². The first-order valence-corrected chi connectivity index (χ1v) is 6.71. The zero-order chi connectivity index (χ0) is 12.8. The second-order valence-electron chi connectivity index (χ2n) is 4.28. The summed E-state index contributed by atoms with van der Waals surface area (Å²) in [4.78, 5) is 0.0468. The van der Waals surface area contributed by atoms with Gasteiger partial charge in [0.2, 0.25) is 0 Å². The molecule has 2 rings (SSSR count). The molecular weight excluding hydrogens is 246 g/mol. The fourth-order valence-electron chi connectivity index (χ4n) is 1.58. The Morgan fingerprint density at radius 3 is 2.12 bits per heavy atom. The summed E-state index contributed by atoms with van der Waals surface area (Å²) >= 11 is 0. The maximum absolute atomic E-state index is 13.0. The second kappa shape index (κ2) is 3.63. The molecule has 1 aliphatic carbocycles. The van der Waals surface area contributed by atoms with Gasteiger partial charge in [0, 0.05) is 11.0 Å². The van der Waals surface area contributed by atoms with Crippen molar-refractivity contribution in [1.29, 1.82) is 0 Å². The van der Waals surface area contributed by atoms with E-state index in [-0.39, 0.29) is 10.5 Å². The molecule has 0 spiro atoms. The highest BCUT2D eigenvalue weighted by molar-refractivity contribution is 7.94. The van der Waals surface area contributed by atoms with Crippen LogP contribution in [0.15, 0.2) is 40.1 Å². The van der Waals surface area contributed by atoms with Crippen LogP contribution in [0.5, 0.6) is 0 Å². The van der Waals surface area contributed by atoms with Gasteiger partial charge < -0.3 is 0 Å². The highest BCUT2D eigenvalue weighted by Crippen LogP contribution is 2.54. The third-order valence-electron chi connectivity index (χ3n) is 2.94. The molecule has 92 valence electrons. The minimum Gasteiger partial charge on any atom is -0.219 e. The van der Waals surface area contributed by atoms with Gasteiger partial charge in [0.15, 0.2) is 9.84 Å². The average Bonchev–Trinajstić information content (AvgIpc) is 2.68. The van der Waals surface area contributed by atoms with Crippen molar-refractivity contribution in [2.45, 2.75) is 24.7 Å². The van der Waals surface area contributed by atoms with E-state index < -0.39 is 21.7 Å². The van der Waals surface area contributed by atoms with Crippen LogP contribution in [0, 0.1) is 12.8 Å². The third-order valence-corrected chi connectivity index (χ3v) is 4.44. The smallest absolute Gasteiger partial charge is 0.219 e. The lowest BCUT2D eigenvalue weighted by Gasteiger charge is -1.99. The van der Waals surface area contributed by atoms with Gasteiger partial charge in [-0.15, -0.1) is 0 Å². The van der Waals surface area contributed by atoms with Crippen LogP contribution in [0.3, 0.4) is 0 Å². The minimum atomic E-state index is -3.76. The number of alkyl halides is 2. The summed E-state index contributed by atoms with van der Waals surface area (Å²) in [5.74, 6) is -3.93. The molecule has 0 bridgehead atoms. The molecule has 0 heterocycles. The molecule has 0 radical (unpaired) electrons. The van der Waals surface area contributed by atoms with Crippen molar-refractivity contribution in [3.05, 3.63) is 40.8 Å². The van der Waals surface area contributed by atoms with E-state index in [1.165, 1.54) is 19.1 Å². The zero-order valence-corrected chi connectivity index (χ0v) is 10.3. The minimum absolute atomic E-state index is 0.0468. The van der Waals surface area contributed by atoms with Crippen molar-refractivity contribution in [2.24, 2.45) is 5.92 Å². The largest absolute Gasteiger partial charge is 0.277 e. The van der Waals surface area contributed by atoms with Gasteiger partial charge in [-0.25, -0.2) is 17.2 Å². The number of rotatable bonds is 2. The molecule has 1 aromatic rings. The highest BCUT2D eigenvalue weighted by Gasteiger charge is 2.60. The summed E-state index contributed by atoms with van der Waals surface area (Å²) in [6.07, 6.45) is 0. The van der Waals surface area contributed by atoms with Gasteiger partial charge in [-0.2, -0.15) is 0 Å². The van der Waals surface area contributed by atoms with E-state index in [2.05, 4.69) is 0 Å². The standard InChI is InChI=1S/C12H12F2O2S/c1-8-3-5-10(6-4-8)17(15,16)7-11-9(2)12(11,13)14/h3-7,9H,1-2H3/b11-7-. The van der Waals surface area contributed by atoms with Crippen molar-refractivity contribution < 1.29 is 17.2 Å². The van der Waals surface area contributed by atoms with E-state index in [1.807, 2.05) is 6.92 Å². The maximum Gasteiger partial charge on any atom is 0.277 e. The molecule has 1 aliphatic rings. The molecule has 1 atom stereocenters. The van der Waals surface area contributed by atoms with Crippen molar-refractivity contribution in [1.82, 2.24) is 0 Å². The fourth-order valence-corrected chi connectivity index (χ4v) is 2.93. The first-order valence-electron chi connectivity index (χ1n) is 5.17. The van der Waals surface area contributed by atoms with E-state index in [4.69, 9.17) is 0 Å². The molecule has 1 unspecified atom stereocenters. The Labute approximate surface area is 98.9 Å². The van der Waals surface area contributed by atoms with Crippen LogP contribution in [-0.2, 0) is 9.84 Å². The lowest BCUT2D eigenvalue weighted by atomic mass is 10.2. The molecule has 0 saturated heterocycles. The highest BCUT2D eigenvalue weighted by atomic mass is 32.2. The van der Waals surface area contributed by atoms with Crippen LogP contribution < -0.4 is 0 Å². The summed E-state index contributed by atoms with van der Waals surface area (Å²) in [6, 6.07) is 6.12. The SMILES string of the molecule is Cc1ccc(S(=O)(=O)/C=C2/C(C)C2(F)F)cc1. The Morgan fingerprint density at radius 2 is 1.71 bits per heavy atom. The fraction of sp³-hybridized carbons (Fsp3) is 0.333. The number of benzene rings is 1. The van der Waals surface area contributed by atoms with Crippen molar-refractivity contribution in [2.75, 3.05) is 0 Å². The van der Waals surface area contributed by atoms with Crippen LogP contribution >= 0.6 is 0 Å². The Balaban J connectivity index is 2.37. The normalized spacial score (nSPS) is 24.9. The average molecular weight is 258 g/mol. The Kier molecular flexibility index (Phi) is 2.61. The third kappa shape index (κ3) is 2.11. The van der Waals surface area contributed by atoms with Crippen LogP contribution in [0.4, 0.5) is 8.78 Å². The number of halogens is 2. The Bertz CT molecular complexity index is 571. The summed E-state index contributed by atoms with van der Waals surface area (Å²) < 4.78 is 49.6. The predicted molar refractivity (Wildman–Crippen MR) is 60.6 cm³/mol. The summed E-state index contributed by atoms with van der Waals surface area (Å²) in [7, 11) is -3.76. The summed E-state index contributed by atoms with van der Waals surface area (Å²) in [5, 5.41) is 0.697. The Hall–Kier alpha value is -1.23. The van der Waals surface area contributed by atoms with E-state index >= 15 is 0 Å². The molecule has 1 fully saturated rings. The Morgan fingerprint density at radius 1 is 1.24 bits per heavy atom. The lowest BCUT2D eigenvalue weighted by Crippen LogP contribution is -1.97. The van der Waals surface area contributed by atoms with E-state index in [0.29, 0.717) is 5.41 Å². The number of hydrogen-bond acceptors (Lipinski definition) is 2. The molecule has 0 amide bonds. The zero-order valence-electron chi connectivity index (χ0n) is 9.44. The van der Waals surface area contributed by atoms with Crippen LogP contribution in [0.2, 0.25) is 0 Å². The van der Waals surface area contributed by atoms with Gasteiger partial charge in [0.25, 0.3) is 5.92 Å². The number of sulfone groups is 1. The van der Waals surface area contributed by atoms with Crippen LogP contribution in [0.1, 0.15) is 12.5 Å². The van der Waals surface area contributed by atoms with Crippen LogP contribution in [0.25, 0.3) is 0 Å². The number of hydrogen-bond donors (Lipinski definition) is 0. The molecule has 0 aliphatic heterocycles. The van der Waals surface area contributed by atoms with Crippen LogP contribution in [-0.4, -0.2) is 14.3 Å². The molecule has 2 nitrogen and oxygen atoms in total. The quantitative estimate of drug-likeness (QED) is 0.817. The van der Waals surface area contributed by atoms with Gasteiger partial charge in [-0.1, -0.05) is 24.6 Å². The molecule has 1 aromatic carbocycles. The predicted octanol–water partition coefficient (Wildman–Crippen LogP) is 2.94. The maximum atomic E-state index is 13.0. The topological polar surface area (TPSA) is 34.1 Å². The van der Waals surface area contributed by atoms with E-state index in [9.17, 15) is 17.2 Å². The first-order chi connectivity index (χ1) is 7.75. The molecule has 5 heteroatoms. The molecule has 0 N–H and O–H groups in total. The number of allylic oxidation sites excluding steroid dienone is 1. The molecule has 1 saturated carbocycles. The van der Waals surface area contributed by atoms with Crippen molar-refractivity contribution in [3.63, 3.8) is 0 Å². The monoisotopic (exact) mass is 258 g/mol. The van der Waals surface area contributed by atoms with Gasteiger partial charge in [-0.3, -0.25) is 0 Å². The number of aryl methyl sites for hydroxylation is 1.